The average Bonchev–Trinajstić information content (AvgIpc) is 3.28. The number of carbonyl (C=O) groups is 2. The molecule has 8 nitrogen and oxygen atoms in total. The van der Waals surface area contributed by atoms with Crippen LogP contribution in [0.4, 0.5) is 10.7 Å². The van der Waals surface area contributed by atoms with Gasteiger partial charge >= 0.3 is 0 Å². The molecule has 0 atom stereocenters. The summed E-state index contributed by atoms with van der Waals surface area (Å²) in [7, 11) is 1.41. The number of hydrogen-bond acceptors (Lipinski definition) is 7. The highest BCUT2D eigenvalue weighted by atomic mass is 35.5. The van der Waals surface area contributed by atoms with E-state index in [1.165, 1.54) is 30.6 Å². The lowest BCUT2D eigenvalue weighted by Gasteiger charge is -2.13. The van der Waals surface area contributed by atoms with E-state index in [0.717, 1.165) is 41.7 Å². The van der Waals surface area contributed by atoms with Gasteiger partial charge in [-0.2, -0.15) is 10.5 Å². The number of nitrogens with zero attached hydrogens (tertiary/aromatic N) is 2. The highest BCUT2D eigenvalue weighted by Gasteiger charge is 2.23. The largest absolute Gasteiger partial charge is 0.493 e. The van der Waals surface area contributed by atoms with Crippen LogP contribution in [0.3, 0.4) is 0 Å². The molecule has 0 radical (unpaired) electrons. The summed E-state index contributed by atoms with van der Waals surface area (Å²) in [4.78, 5) is 26.4. The Kier molecular flexibility index (Phi) is 8.88. The van der Waals surface area contributed by atoms with Crippen LogP contribution in [-0.2, 0) is 22.4 Å². The van der Waals surface area contributed by atoms with E-state index in [0.29, 0.717) is 21.8 Å². The van der Waals surface area contributed by atoms with Crippen LogP contribution in [-0.4, -0.2) is 25.5 Å². The smallest absolute Gasteiger partial charge is 0.266 e. The first kappa shape index (κ1) is 27.7. The summed E-state index contributed by atoms with van der Waals surface area (Å²) < 4.78 is 11.0. The quantitative estimate of drug-likeness (QED) is 0.256. The fourth-order valence-electron chi connectivity index (χ4n) is 4.19. The SMILES string of the molecule is COc1cc(/C=C(\C#N)C(=O)Nc2sc3c(c2C#N)CCCC3)cc(Cl)c1OCC(=O)Nc1ccc(C)cc1. The van der Waals surface area contributed by atoms with Gasteiger partial charge in [0.25, 0.3) is 11.8 Å². The van der Waals surface area contributed by atoms with Gasteiger partial charge in [-0.05, 0) is 74.1 Å². The number of halogens is 1. The van der Waals surface area contributed by atoms with Gasteiger partial charge in [-0.1, -0.05) is 29.3 Å². The van der Waals surface area contributed by atoms with Crippen LogP contribution in [0.25, 0.3) is 6.08 Å². The number of rotatable bonds is 8. The number of benzene rings is 2. The van der Waals surface area contributed by atoms with Gasteiger partial charge in [-0.3, -0.25) is 9.59 Å². The standard InChI is InChI=1S/C29H25ClN4O4S/c1-17-7-9-20(10-8-17)33-26(35)16-38-27-23(30)12-18(13-24(27)37-2)11-19(14-31)28(36)34-29-22(15-32)21-5-3-4-6-25(21)39-29/h7-13H,3-6,16H2,1-2H3,(H,33,35)(H,34,36)/b19-11+. The molecule has 2 amide bonds. The van der Waals surface area contributed by atoms with Crippen molar-refractivity contribution in [2.75, 3.05) is 24.4 Å². The molecule has 2 N–H and O–H groups in total. The van der Waals surface area contributed by atoms with Crippen LogP contribution in [0.15, 0.2) is 42.0 Å². The Balaban J connectivity index is 1.49. The minimum absolute atomic E-state index is 0.138. The molecule has 0 saturated heterocycles. The van der Waals surface area contributed by atoms with Gasteiger partial charge in [0, 0.05) is 10.6 Å². The van der Waals surface area contributed by atoms with Crippen molar-refractivity contribution in [2.24, 2.45) is 0 Å². The minimum atomic E-state index is -0.629. The van der Waals surface area contributed by atoms with Crippen LogP contribution >= 0.6 is 22.9 Å². The number of anilines is 2. The fourth-order valence-corrected chi connectivity index (χ4v) is 5.70. The summed E-state index contributed by atoms with van der Waals surface area (Å²) in [6.45, 7) is 1.64. The first-order valence-corrected chi connectivity index (χ1v) is 13.4. The summed E-state index contributed by atoms with van der Waals surface area (Å²) >= 11 is 7.81. The zero-order valence-electron chi connectivity index (χ0n) is 21.4. The average molecular weight is 561 g/mol. The fraction of sp³-hybridized carbons (Fsp3) is 0.241. The van der Waals surface area contributed by atoms with Crippen LogP contribution in [0.1, 0.15) is 40.0 Å². The zero-order valence-corrected chi connectivity index (χ0v) is 23.0. The normalized spacial score (nSPS) is 12.5. The van der Waals surface area contributed by atoms with Crippen LogP contribution < -0.4 is 20.1 Å². The van der Waals surface area contributed by atoms with Gasteiger partial charge in [0.05, 0.1) is 17.7 Å². The predicted octanol–water partition coefficient (Wildman–Crippen LogP) is 6.03. The Labute approximate surface area is 235 Å². The second-order valence-corrected chi connectivity index (χ2v) is 10.4. The number of carbonyl (C=O) groups excluding carboxylic acids is 2. The molecule has 0 fully saturated rings. The monoisotopic (exact) mass is 560 g/mol. The zero-order chi connectivity index (χ0) is 27.9. The summed E-state index contributed by atoms with van der Waals surface area (Å²) in [5.41, 5.74) is 3.42. The molecule has 0 unspecified atom stereocenters. The third kappa shape index (κ3) is 6.58. The number of thiophene rings is 1. The second kappa shape index (κ2) is 12.5. The van der Waals surface area contributed by atoms with Crippen molar-refractivity contribution in [3.8, 4) is 23.6 Å². The van der Waals surface area contributed by atoms with Gasteiger partial charge < -0.3 is 20.1 Å². The molecule has 1 aliphatic carbocycles. The topological polar surface area (TPSA) is 124 Å². The highest BCUT2D eigenvalue weighted by molar-refractivity contribution is 7.16. The molecule has 2 aromatic carbocycles. The predicted molar refractivity (Wildman–Crippen MR) is 151 cm³/mol. The molecule has 0 saturated carbocycles. The van der Waals surface area contributed by atoms with Crippen molar-refractivity contribution in [3.63, 3.8) is 0 Å². The van der Waals surface area contributed by atoms with E-state index in [1.54, 1.807) is 18.2 Å². The van der Waals surface area contributed by atoms with E-state index in [2.05, 4.69) is 16.7 Å². The van der Waals surface area contributed by atoms with Crippen molar-refractivity contribution in [2.45, 2.75) is 32.6 Å². The van der Waals surface area contributed by atoms with E-state index >= 15 is 0 Å². The first-order valence-electron chi connectivity index (χ1n) is 12.2. The maximum Gasteiger partial charge on any atom is 0.266 e. The van der Waals surface area contributed by atoms with E-state index in [-0.39, 0.29) is 34.6 Å². The molecule has 1 aromatic heterocycles. The van der Waals surface area contributed by atoms with Gasteiger partial charge in [0.1, 0.15) is 22.7 Å². The number of aryl methyl sites for hydroxylation is 2. The van der Waals surface area contributed by atoms with Crippen molar-refractivity contribution >= 4 is 51.5 Å². The van der Waals surface area contributed by atoms with E-state index in [4.69, 9.17) is 21.1 Å². The lowest BCUT2D eigenvalue weighted by atomic mass is 9.96. The van der Waals surface area contributed by atoms with Gasteiger partial charge in [0.15, 0.2) is 18.1 Å². The number of methoxy groups -OCH3 is 1. The second-order valence-electron chi connectivity index (χ2n) is 8.89. The molecule has 10 heteroatoms. The molecule has 1 heterocycles. The van der Waals surface area contributed by atoms with E-state index < -0.39 is 5.91 Å². The van der Waals surface area contributed by atoms with Gasteiger partial charge in [-0.15, -0.1) is 11.3 Å². The number of fused-ring (bicyclic) bond motifs is 1. The summed E-state index contributed by atoms with van der Waals surface area (Å²) in [5.74, 6) is -0.624. The molecular formula is C29H25ClN4O4S. The van der Waals surface area contributed by atoms with Crippen LogP contribution in [0, 0.1) is 29.6 Å². The van der Waals surface area contributed by atoms with Crippen molar-refractivity contribution < 1.29 is 19.1 Å². The van der Waals surface area contributed by atoms with Crippen LogP contribution in [0.2, 0.25) is 5.02 Å². The summed E-state index contributed by atoms with van der Waals surface area (Å²) in [5, 5.41) is 25.4. The molecule has 198 valence electrons. The molecule has 4 rings (SSSR count). The Morgan fingerprint density at radius 3 is 2.56 bits per heavy atom. The number of nitriles is 2. The maximum atomic E-state index is 12.9. The maximum absolute atomic E-state index is 12.9. The Hall–Kier alpha value is -4.31. The molecule has 0 aliphatic heterocycles. The number of ether oxygens (including phenoxy) is 2. The van der Waals surface area contributed by atoms with E-state index in [1.807, 2.05) is 25.1 Å². The molecule has 3 aromatic rings. The Bertz CT molecular complexity index is 1530. The lowest BCUT2D eigenvalue weighted by molar-refractivity contribution is -0.118. The minimum Gasteiger partial charge on any atom is -0.493 e. The Morgan fingerprint density at radius 1 is 1.13 bits per heavy atom. The third-order valence-corrected chi connectivity index (χ3v) is 7.61. The van der Waals surface area contributed by atoms with Gasteiger partial charge in [-0.25, -0.2) is 0 Å². The molecule has 0 spiro atoms. The lowest BCUT2D eigenvalue weighted by Crippen LogP contribution is -2.20. The molecule has 0 bridgehead atoms. The molecule has 1 aliphatic rings. The highest BCUT2D eigenvalue weighted by Crippen LogP contribution is 2.39. The first-order chi connectivity index (χ1) is 18.8. The van der Waals surface area contributed by atoms with E-state index in [9.17, 15) is 20.1 Å². The van der Waals surface area contributed by atoms with Crippen molar-refractivity contribution in [1.29, 1.82) is 10.5 Å². The summed E-state index contributed by atoms with van der Waals surface area (Å²) in [6, 6.07) is 14.5. The number of nitrogens with one attached hydrogen (secondary N) is 2. The molecular weight excluding hydrogens is 536 g/mol. The third-order valence-electron chi connectivity index (χ3n) is 6.12. The molecule has 39 heavy (non-hydrogen) atoms. The number of amides is 2. The van der Waals surface area contributed by atoms with Crippen molar-refractivity contribution in [1.82, 2.24) is 0 Å². The van der Waals surface area contributed by atoms with Crippen molar-refractivity contribution in [3.05, 3.63) is 74.1 Å². The number of hydrogen-bond donors (Lipinski definition) is 2. The van der Waals surface area contributed by atoms with Crippen LogP contribution in [0.5, 0.6) is 11.5 Å². The van der Waals surface area contributed by atoms with Gasteiger partial charge in [0.2, 0.25) is 0 Å². The summed E-state index contributed by atoms with van der Waals surface area (Å²) in [6.07, 6.45) is 5.12. The Morgan fingerprint density at radius 2 is 1.87 bits per heavy atom.